The van der Waals surface area contributed by atoms with Gasteiger partial charge in [-0.1, -0.05) is 23.4 Å². The second-order valence-electron chi connectivity index (χ2n) is 6.21. The van der Waals surface area contributed by atoms with Crippen molar-refractivity contribution >= 4 is 0 Å². The van der Waals surface area contributed by atoms with Crippen LogP contribution in [0.4, 0.5) is 0 Å². The summed E-state index contributed by atoms with van der Waals surface area (Å²) >= 11 is 0. The molecule has 1 unspecified atom stereocenters. The van der Waals surface area contributed by atoms with Crippen LogP contribution in [0.1, 0.15) is 25.1 Å². The molecule has 0 N–H and O–H groups in total. The van der Waals surface area contributed by atoms with Gasteiger partial charge in [0.1, 0.15) is 0 Å². The lowest BCUT2D eigenvalue weighted by Crippen LogP contribution is -2.30. The normalized spacial score (nSPS) is 20.2. The van der Waals surface area contributed by atoms with E-state index in [1.807, 2.05) is 30.3 Å². The number of benzene rings is 1. The molecule has 1 aromatic carbocycles. The minimum atomic E-state index is 0.608. The summed E-state index contributed by atoms with van der Waals surface area (Å²) in [4.78, 5) is 9.30. The molecular formula is C17H24N4O. The minimum absolute atomic E-state index is 0.608. The molecule has 0 aliphatic carbocycles. The molecule has 1 aromatic heterocycles. The molecule has 1 atom stereocenters. The van der Waals surface area contributed by atoms with Gasteiger partial charge in [-0.05, 0) is 52.0 Å². The molecule has 1 aliphatic rings. The number of hydrogen-bond acceptors (Lipinski definition) is 5. The summed E-state index contributed by atoms with van der Waals surface area (Å²) in [6.07, 6.45) is 3.70. The third-order valence-electron chi connectivity index (χ3n) is 4.37. The first-order valence-corrected chi connectivity index (χ1v) is 7.99. The van der Waals surface area contributed by atoms with Gasteiger partial charge in [0.25, 0.3) is 5.89 Å². The van der Waals surface area contributed by atoms with E-state index >= 15 is 0 Å². The van der Waals surface area contributed by atoms with Gasteiger partial charge >= 0.3 is 0 Å². The van der Waals surface area contributed by atoms with Gasteiger partial charge in [-0.3, -0.25) is 4.90 Å². The van der Waals surface area contributed by atoms with Gasteiger partial charge in [-0.2, -0.15) is 4.98 Å². The number of hydrogen-bond donors (Lipinski definition) is 0. The Morgan fingerprint density at radius 2 is 2.00 bits per heavy atom. The molecule has 5 heteroatoms. The quantitative estimate of drug-likeness (QED) is 0.868. The molecule has 2 aromatic rings. The van der Waals surface area contributed by atoms with Crippen LogP contribution in [-0.2, 0) is 6.54 Å². The predicted molar refractivity (Wildman–Crippen MR) is 86.3 cm³/mol. The molecular weight excluding hydrogens is 276 g/mol. The maximum atomic E-state index is 5.39. The monoisotopic (exact) mass is 300 g/mol. The van der Waals surface area contributed by atoms with Crippen molar-refractivity contribution in [3.63, 3.8) is 0 Å². The van der Waals surface area contributed by atoms with Crippen molar-refractivity contribution in [2.75, 3.05) is 27.2 Å². The fourth-order valence-corrected chi connectivity index (χ4v) is 3.03. The van der Waals surface area contributed by atoms with E-state index in [0.29, 0.717) is 11.9 Å². The molecule has 2 heterocycles. The lowest BCUT2D eigenvalue weighted by Gasteiger charge is -2.22. The first kappa shape index (κ1) is 15.2. The minimum Gasteiger partial charge on any atom is -0.334 e. The first-order valence-electron chi connectivity index (χ1n) is 7.99. The van der Waals surface area contributed by atoms with E-state index in [1.165, 1.54) is 19.3 Å². The van der Waals surface area contributed by atoms with E-state index in [4.69, 9.17) is 4.52 Å². The van der Waals surface area contributed by atoms with Crippen LogP contribution in [0.2, 0.25) is 0 Å². The van der Waals surface area contributed by atoms with Gasteiger partial charge in [0.2, 0.25) is 0 Å². The third-order valence-corrected chi connectivity index (χ3v) is 4.37. The van der Waals surface area contributed by atoms with Gasteiger partial charge in [0, 0.05) is 18.2 Å². The summed E-state index contributed by atoms with van der Waals surface area (Å²) in [7, 11) is 4.34. The average molecular weight is 300 g/mol. The van der Waals surface area contributed by atoms with Gasteiger partial charge < -0.3 is 9.42 Å². The van der Waals surface area contributed by atoms with Crippen LogP contribution in [0.25, 0.3) is 11.5 Å². The molecule has 1 fully saturated rings. The average Bonchev–Trinajstić information content (AvgIpc) is 2.86. The van der Waals surface area contributed by atoms with Crippen molar-refractivity contribution in [1.29, 1.82) is 0 Å². The van der Waals surface area contributed by atoms with E-state index in [2.05, 4.69) is 34.0 Å². The SMILES string of the molecule is CN(C)C1CCCN(Cc2noc(-c3ccccc3)n2)CC1. The van der Waals surface area contributed by atoms with Crippen molar-refractivity contribution in [2.24, 2.45) is 0 Å². The predicted octanol–water partition coefficient (Wildman–Crippen LogP) is 2.65. The number of rotatable bonds is 4. The highest BCUT2D eigenvalue weighted by Gasteiger charge is 2.20. The lowest BCUT2D eigenvalue weighted by atomic mass is 10.1. The molecule has 1 aliphatic heterocycles. The number of likely N-dealkylation sites (tertiary alicyclic amines) is 1. The summed E-state index contributed by atoms with van der Waals surface area (Å²) in [5.41, 5.74) is 0.977. The van der Waals surface area contributed by atoms with Crippen LogP contribution in [0, 0.1) is 0 Å². The van der Waals surface area contributed by atoms with E-state index in [-0.39, 0.29) is 0 Å². The van der Waals surface area contributed by atoms with Crippen LogP contribution >= 0.6 is 0 Å². The highest BCUT2D eigenvalue weighted by molar-refractivity contribution is 5.51. The zero-order valence-corrected chi connectivity index (χ0v) is 13.4. The molecule has 0 saturated carbocycles. The van der Waals surface area contributed by atoms with E-state index in [0.717, 1.165) is 31.0 Å². The first-order chi connectivity index (χ1) is 10.7. The van der Waals surface area contributed by atoms with Gasteiger partial charge in [0.05, 0.1) is 6.54 Å². The Kier molecular flexibility index (Phi) is 4.85. The molecule has 22 heavy (non-hydrogen) atoms. The summed E-state index contributed by atoms with van der Waals surface area (Å²) in [6, 6.07) is 10.6. The molecule has 5 nitrogen and oxygen atoms in total. The molecule has 1 saturated heterocycles. The fraction of sp³-hybridized carbons (Fsp3) is 0.529. The summed E-state index contributed by atoms with van der Waals surface area (Å²) < 4.78 is 5.39. The summed E-state index contributed by atoms with van der Waals surface area (Å²) in [5, 5.41) is 4.13. The second kappa shape index (κ2) is 7.03. The van der Waals surface area contributed by atoms with Crippen LogP contribution in [0.15, 0.2) is 34.9 Å². The van der Waals surface area contributed by atoms with Crippen molar-refractivity contribution < 1.29 is 4.52 Å². The molecule has 118 valence electrons. The van der Waals surface area contributed by atoms with E-state index < -0.39 is 0 Å². The Bertz CT molecular complexity index is 581. The molecule has 3 rings (SSSR count). The molecule has 0 radical (unpaired) electrons. The Labute approximate surface area is 131 Å². The standard InChI is InChI=1S/C17H24N4O/c1-20(2)15-9-6-11-21(12-10-15)13-16-18-17(22-19-16)14-7-4-3-5-8-14/h3-5,7-8,15H,6,9-13H2,1-2H3. The smallest absolute Gasteiger partial charge is 0.257 e. The highest BCUT2D eigenvalue weighted by atomic mass is 16.5. The van der Waals surface area contributed by atoms with Gasteiger partial charge in [-0.25, -0.2) is 0 Å². The molecule has 0 spiro atoms. The van der Waals surface area contributed by atoms with E-state index in [1.54, 1.807) is 0 Å². The van der Waals surface area contributed by atoms with Crippen molar-refractivity contribution in [3.8, 4) is 11.5 Å². The van der Waals surface area contributed by atoms with Crippen LogP contribution < -0.4 is 0 Å². The van der Waals surface area contributed by atoms with Crippen LogP contribution in [0.5, 0.6) is 0 Å². The Hall–Kier alpha value is -1.72. The summed E-state index contributed by atoms with van der Waals surface area (Å²) in [6.45, 7) is 2.98. The van der Waals surface area contributed by atoms with Crippen LogP contribution in [0.3, 0.4) is 0 Å². The van der Waals surface area contributed by atoms with Crippen LogP contribution in [-0.4, -0.2) is 53.2 Å². The van der Waals surface area contributed by atoms with Crippen molar-refractivity contribution in [3.05, 3.63) is 36.2 Å². The van der Waals surface area contributed by atoms with E-state index in [9.17, 15) is 0 Å². The third kappa shape index (κ3) is 3.72. The Balaban J connectivity index is 1.61. The van der Waals surface area contributed by atoms with Gasteiger partial charge in [-0.15, -0.1) is 0 Å². The molecule has 0 bridgehead atoms. The van der Waals surface area contributed by atoms with Gasteiger partial charge in [0.15, 0.2) is 5.82 Å². The summed E-state index contributed by atoms with van der Waals surface area (Å²) in [5.74, 6) is 1.39. The Morgan fingerprint density at radius 3 is 2.77 bits per heavy atom. The van der Waals surface area contributed by atoms with Crippen molar-refractivity contribution in [1.82, 2.24) is 19.9 Å². The second-order valence-corrected chi connectivity index (χ2v) is 6.21. The topological polar surface area (TPSA) is 45.4 Å². The lowest BCUT2D eigenvalue weighted by molar-refractivity contribution is 0.240. The zero-order valence-electron chi connectivity index (χ0n) is 13.4. The maximum Gasteiger partial charge on any atom is 0.257 e. The number of nitrogens with zero attached hydrogens (tertiary/aromatic N) is 4. The number of aromatic nitrogens is 2. The Morgan fingerprint density at radius 1 is 1.18 bits per heavy atom. The zero-order chi connectivity index (χ0) is 15.4. The fourth-order valence-electron chi connectivity index (χ4n) is 3.03. The van der Waals surface area contributed by atoms with Crippen molar-refractivity contribution in [2.45, 2.75) is 31.8 Å². The highest BCUT2D eigenvalue weighted by Crippen LogP contribution is 2.19. The molecule has 0 amide bonds. The maximum absolute atomic E-state index is 5.39. The largest absolute Gasteiger partial charge is 0.334 e.